The van der Waals surface area contributed by atoms with Crippen molar-refractivity contribution in [2.75, 3.05) is 11.8 Å². The van der Waals surface area contributed by atoms with Crippen molar-refractivity contribution in [3.05, 3.63) is 47.1 Å². The normalized spacial score (nSPS) is 11.2. The number of hydrogen-bond acceptors (Lipinski definition) is 5. The molecule has 1 heterocycles. The molecule has 6 nitrogen and oxygen atoms in total. The number of methoxy groups -OCH3 is 1. The van der Waals surface area contributed by atoms with E-state index in [2.05, 4.69) is 9.71 Å². The summed E-state index contributed by atoms with van der Waals surface area (Å²) in [6.07, 6.45) is 1.44. The number of nitrogens with two attached hydrogens (primary N) is 1. The number of rotatable bonds is 5. The Morgan fingerprint density at radius 2 is 2.14 bits per heavy atom. The first kappa shape index (κ1) is 15.6. The number of pyridine rings is 1. The zero-order valence-corrected chi connectivity index (χ0v) is 12.8. The van der Waals surface area contributed by atoms with Gasteiger partial charge in [-0.3, -0.25) is 4.72 Å². The van der Waals surface area contributed by atoms with Crippen molar-refractivity contribution >= 4 is 27.4 Å². The van der Waals surface area contributed by atoms with E-state index in [9.17, 15) is 8.42 Å². The summed E-state index contributed by atoms with van der Waals surface area (Å²) in [5.41, 5.74) is 6.29. The molecule has 3 N–H and O–H groups in total. The highest BCUT2D eigenvalue weighted by atomic mass is 35.5. The first-order valence-corrected chi connectivity index (χ1v) is 7.84. The molecule has 0 spiro atoms. The van der Waals surface area contributed by atoms with Crippen LogP contribution >= 0.6 is 11.6 Å². The fourth-order valence-electron chi connectivity index (χ4n) is 1.70. The zero-order chi connectivity index (χ0) is 15.5. The van der Waals surface area contributed by atoms with Crippen molar-refractivity contribution in [3.8, 4) is 5.75 Å². The smallest absolute Gasteiger partial charge is 0.266 e. The second-order valence-electron chi connectivity index (χ2n) is 4.13. The summed E-state index contributed by atoms with van der Waals surface area (Å²) in [4.78, 5) is 3.88. The van der Waals surface area contributed by atoms with Crippen molar-refractivity contribution in [3.63, 3.8) is 0 Å². The van der Waals surface area contributed by atoms with Gasteiger partial charge in [0.1, 0.15) is 10.6 Å². The van der Waals surface area contributed by atoms with E-state index in [4.69, 9.17) is 22.1 Å². The van der Waals surface area contributed by atoms with Gasteiger partial charge in [0, 0.05) is 12.7 Å². The van der Waals surface area contributed by atoms with Gasteiger partial charge in [0.15, 0.2) is 5.82 Å². The summed E-state index contributed by atoms with van der Waals surface area (Å²) < 4.78 is 32.3. The monoisotopic (exact) mass is 327 g/mol. The van der Waals surface area contributed by atoms with E-state index in [0.29, 0.717) is 0 Å². The summed E-state index contributed by atoms with van der Waals surface area (Å²) in [6.45, 7) is 0.288. The van der Waals surface area contributed by atoms with E-state index in [-0.39, 0.29) is 28.0 Å². The molecule has 0 aliphatic heterocycles. The Bertz CT molecular complexity index is 750. The summed E-state index contributed by atoms with van der Waals surface area (Å²) >= 11 is 5.90. The van der Waals surface area contributed by atoms with Gasteiger partial charge in [0.05, 0.1) is 12.1 Å². The first-order valence-electron chi connectivity index (χ1n) is 5.98. The SMILES string of the molecule is COc1cc(CN)ccc1S(=O)(=O)Nc1ncccc1Cl. The Morgan fingerprint density at radius 1 is 1.38 bits per heavy atom. The molecule has 0 saturated heterocycles. The van der Waals surface area contributed by atoms with E-state index in [1.807, 2.05) is 0 Å². The average molecular weight is 328 g/mol. The topological polar surface area (TPSA) is 94.3 Å². The zero-order valence-electron chi connectivity index (χ0n) is 11.2. The van der Waals surface area contributed by atoms with Gasteiger partial charge in [-0.25, -0.2) is 13.4 Å². The Labute approximate surface area is 128 Å². The van der Waals surface area contributed by atoms with Gasteiger partial charge in [0.2, 0.25) is 0 Å². The predicted octanol–water partition coefficient (Wildman–Crippen LogP) is 2.00. The molecule has 0 aliphatic carbocycles. The number of benzene rings is 1. The molecule has 21 heavy (non-hydrogen) atoms. The van der Waals surface area contributed by atoms with Crippen LogP contribution in [0, 0.1) is 0 Å². The number of nitrogens with one attached hydrogen (secondary N) is 1. The van der Waals surface area contributed by atoms with Crippen molar-refractivity contribution in [1.82, 2.24) is 4.98 Å². The molecule has 1 aromatic heterocycles. The van der Waals surface area contributed by atoms with Crippen LogP contribution < -0.4 is 15.2 Å². The van der Waals surface area contributed by atoms with Crippen LogP contribution in [0.15, 0.2) is 41.4 Å². The van der Waals surface area contributed by atoms with Gasteiger partial charge in [0.25, 0.3) is 10.0 Å². The lowest BCUT2D eigenvalue weighted by Crippen LogP contribution is -2.15. The fraction of sp³-hybridized carbons (Fsp3) is 0.154. The number of hydrogen-bond donors (Lipinski definition) is 2. The molecule has 0 bridgehead atoms. The van der Waals surface area contributed by atoms with Crippen LogP contribution in [-0.4, -0.2) is 20.5 Å². The van der Waals surface area contributed by atoms with Crippen LogP contribution in [0.3, 0.4) is 0 Å². The highest BCUT2D eigenvalue weighted by molar-refractivity contribution is 7.92. The van der Waals surface area contributed by atoms with Gasteiger partial charge < -0.3 is 10.5 Å². The van der Waals surface area contributed by atoms with Crippen LogP contribution in [0.4, 0.5) is 5.82 Å². The number of ether oxygens (including phenoxy) is 1. The third-order valence-electron chi connectivity index (χ3n) is 2.74. The van der Waals surface area contributed by atoms with E-state index < -0.39 is 10.0 Å². The minimum absolute atomic E-state index is 0.0103. The maximum absolute atomic E-state index is 12.4. The van der Waals surface area contributed by atoms with Gasteiger partial charge in [-0.1, -0.05) is 17.7 Å². The van der Waals surface area contributed by atoms with Gasteiger partial charge in [-0.05, 0) is 29.8 Å². The number of nitrogens with zero attached hydrogens (tertiary/aromatic N) is 1. The number of sulfonamides is 1. The van der Waals surface area contributed by atoms with Crippen LogP contribution in [0.2, 0.25) is 5.02 Å². The quantitative estimate of drug-likeness (QED) is 0.876. The third-order valence-corrected chi connectivity index (χ3v) is 4.43. The Kier molecular flexibility index (Phi) is 4.66. The standard InChI is InChI=1S/C13H14ClN3O3S/c1-20-11-7-9(8-15)4-5-12(11)21(18,19)17-13-10(14)3-2-6-16-13/h2-7H,8,15H2,1H3,(H,16,17). The number of anilines is 1. The number of halogens is 1. The highest BCUT2D eigenvalue weighted by Gasteiger charge is 2.21. The Balaban J connectivity index is 2.42. The van der Waals surface area contributed by atoms with Crippen LogP contribution in [0.5, 0.6) is 5.75 Å². The maximum Gasteiger partial charge on any atom is 0.266 e. The molecular formula is C13H14ClN3O3S. The van der Waals surface area contributed by atoms with Gasteiger partial charge in [-0.15, -0.1) is 0 Å². The fourth-order valence-corrected chi connectivity index (χ4v) is 3.11. The van der Waals surface area contributed by atoms with E-state index in [1.54, 1.807) is 24.3 Å². The first-order chi connectivity index (χ1) is 9.97. The van der Waals surface area contributed by atoms with Crippen LogP contribution in [-0.2, 0) is 16.6 Å². The summed E-state index contributed by atoms with van der Waals surface area (Å²) in [5.74, 6) is 0.265. The molecule has 0 atom stereocenters. The molecule has 0 amide bonds. The van der Waals surface area contributed by atoms with E-state index >= 15 is 0 Å². The minimum atomic E-state index is -3.87. The van der Waals surface area contributed by atoms with E-state index in [0.717, 1.165) is 5.56 Å². The van der Waals surface area contributed by atoms with Crippen LogP contribution in [0.25, 0.3) is 0 Å². The molecule has 0 radical (unpaired) electrons. The molecule has 1 aromatic carbocycles. The van der Waals surface area contributed by atoms with Crippen molar-refractivity contribution in [2.45, 2.75) is 11.4 Å². The maximum atomic E-state index is 12.4. The van der Waals surface area contributed by atoms with Crippen molar-refractivity contribution in [1.29, 1.82) is 0 Å². The Hall–Kier alpha value is -1.83. The summed E-state index contributed by atoms with van der Waals surface area (Å²) in [5, 5.41) is 0.207. The molecule has 2 rings (SSSR count). The average Bonchev–Trinajstić information content (AvgIpc) is 2.48. The van der Waals surface area contributed by atoms with Crippen molar-refractivity contribution < 1.29 is 13.2 Å². The molecular weight excluding hydrogens is 314 g/mol. The lowest BCUT2D eigenvalue weighted by atomic mass is 10.2. The second kappa shape index (κ2) is 6.30. The van der Waals surface area contributed by atoms with Gasteiger partial charge >= 0.3 is 0 Å². The third kappa shape index (κ3) is 3.44. The largest absolute Gasteiger partial charge is 0.495 e. The molecule has 0 aliphatic rings. The van der Waals surface area contributed by atoms with Crippen LogP contribution in [0.1, 0.15) is 5.56 Å². The minimum Gasteiger partial charge on any atom is -0.495 e. The molecule has 8 heteroatoms. The molecule has 0 fully saturated rings. The Morgan fingerprint density at radius 3 is 2.76 bits per heavy atom. The van der Waals surface area contributed by atoms with Crippen molar-refractivity contribution in [2.24, 2.45) is 5.73 Å². The molecule has 2 aromatic rings. The summed E-state index contributed by atoms with van der Waals surface area (Å²) in [7, 11) is -2.48. The predicted molar refractivity (Wildman–Crippen MR) is 80.9 cm³/mol. The van der Waals surface area contributed by atoms with E-state index in [1.165, 1.54) is 19.4 Å². The molecule has 0 saturated carbocycles. The molecule has 0 unspecified atom stereocenters. The lowest BCUT2D eigenvalue weighted by Gasteiger charge is -2.12. The van der Waals surface area contributed by atoms with Gasteiger partial charge in [-0.2, -0.15) is 0 Å². The summed E-state index contributed by atoms with van der Waals surface area (Å²) in [6, 6.07) is 7.78. The molecule has 112 valence electrons. The number of aromatic nitrogens is 1. The lowest BCUT2D eigenvalue weighted by molar-refractivity contribution is 0.402. The highest BCUT2D eigenvalue weighted by Crippen LogP contribution is 2.28. The second-order valence-corrected chi connectivity index (χ2v) is 6.19.